The van der Waals surface area contributed by atoms with Crippen LogP contribution in [0.1, 0.15) is 16.9 Å². The molecule has 0 bridgehead atoms. The SMILES string of the molecule is CN=C(NCCc1ccco1)NCc1ccc(F)c(CN(C)C)c1. The van der Waals surface area contributed by atoms with Gasteiger partial charge in [-0.25, -0.2) is 4.39 Å². The van der Waals surface area contributed by atoms with Crippen LogP contribution in [0.4, 0.5) is 4.39 Å². The first-order chi connectivity index (χ1) is 11.6. The monoisotopic (exact) mass is 332 g/mol. The van der Waals surface area contributed by atoms with E-state index in [1.165, 1.54) is 6.07 Å². The van der Waals surface area contributed by atoms with Gasteiger partial charge in [0, 0.05) is 38.7 Å². The number of nitrogens with zero attached hydrogens (tertiary/aromatic N) is 2. The van der Waals surface area contributed by atoms with Gasteiger partial charge in [-0.2, -0.15) is 0 Å². The molecule has 2 N–H and O–H groups in total. The Bertz CT molecular complexity index is 653. The Balaban J connectivity index is 1.84. The summed E-state index contributed by atoms with van der Waals surface area (Å²) in [7, 11) is 5.58. The molecule has 0 aliphatic carbocycles. The van der Waals surface area contributed by atoms with Gasteiger partial charge in [-0.3, -0.25) is 4.99 Å². The highest BCUT2D eigenvalue weighted by molar-refractivity contribution is 5.79. The van der Waals surface area contributed by atoms with E-state index in [0.29, 0.717) is 24.6 Å². The number of nitrogens with one attached hydrogen (secondary N) is 2. The van der Waals surface area contributed by atoms with Crippen LogP contribution in [0, 0.1) is 5.82 Å². The van der Waals surface area contributed by atoms with Crippen LogP contribution >= 0.6 is 0 Å². The molecule has 130 valence electrons. The summed E-state index contributed by atoms with van der Waals surface area (Å²) in [6.45, 7) is 1.89. The number of hydrogen-bond acceptors (Lipinski definition) is 3. The Labute approximate surface area is 142 Å². The second-order valence-electron chi connectivity index (χ2n) is 5.85. The van der Waals surface area contributed by atoms with Crippen molar-refractivity contribution in [1.29, 1.82) is 0 Å². The summed E-state index contributed by atoms with van der Waals surface area (Å²) in [5.41, 5.74) is 1.71. The zero-order chi connectivity index (χ0) is 17.4. The van der Waals surface area contributed by atoms with Crippen molar-refractivity contribution in [2.24, 2.45) is 4.99 Å². The van der Waals surface area contributed by atoms with Crippen LogP contribution in [-0.4, -0.2) is 38.5 Å². The van der Waals surface area contributed by atoms with Crippen molar-refractivity contribution < 1.29 is 8.81 Å². The fourth-order valence-corrected chi connectivity index (χ4v) is 2.37. The lowest BCUT2D eigenvalue weighted by molar-refractivity contribution is 0.392. The van der Waals surface area contributed by atoms with E-state index in [-0.39, 0.29) is 5.82 Å². The zero-order valence-corrected chi connectivity index (χ0v) is 14.5. The van der Waals surface area contributed by atoms with E-state index in [2.05, 4.69) is 15.6 Å². The lowest BCUT2D eigenvalue weighted by atomic mass is 10.1. The normalized spacial score (nSPS) is 11.8. The van der Waals surface area contributed by atoms with Crippen molar-refractivity contribution in [2.75, 3.05) is 27.7 Å². The van der Waals surface area contributed by atoms with E-state index in [0.717, 1.165) is 24.3 Å². The van der Waals surface area contributed by atoms with Gasteiger partial charge in [0.2, 0.25) is 0 Å². The van der Waals surface area contributed by atoms with Gasteiger partial charge in [0.1, 0.15) is 11.6 Å². The standard InChI is InChI=1S/C18H25FN4O/c1-20-18(21-9-8-16-5-4-10-24-16)22-12-14-6-7-17(19)15(11-14)13-23(2)3/h4-7,10-11H,8-9,12-13H2,1-3H3,(H2,20,21,22). The molecule has 1 heterocycles. The molecule has 0 atom stereocenters. The summed E-state index contributed by atoms with van der Waals surface area (Å²) in [4.78, 5) is 6.14. The predicted molar refractivity (Wildman–Crippen MR) is 94.4 cm³/mol. The number of halogens is 1. The van der Waals surface area contributed by atoms with Gasteiger partial charge in [0.15, 0.2) is 5.96 Å². The molecule has 0 amide bonds. The van der Waals surface area contributed by atoms with Gasteiger partial charge >= 0.3 is 0 Å². The smallest absolute Gasteiger partial charge is 0.191 e. The van der Waals surface area contributed by atoms with Gasteiger partial charge in [0.25, 0.3) is 0 Å². The highest BCUT2D eigenvalue weighted by Crippen LogP contribution is 2.12. The summed E-state index contributed by atoms with van der Waals surface area (Å²) < 4.78 is 19.1. The molecule has 0 aliphatic heterocycles. The van der Waals surface area contributed by atoms with E-state index in [4.69, 9.17) is 4.42 Å². The van der Waals surface area contributed by atoms with Crippen LogP contribution in [0.2, 0.25) is 0 Å². The molecule has 2 aromatic rings. The average molecular weight is 332 g/mol. The lowest BCUT2D eigenvalue weighted by Crippen LogP contribution is -2.37. The summed E-state index contributed by atoms with van der Waals surface area (Å²) in [6.07, 6.45) is 2.46. The first-order valence-electron chi connectivity index (χ1n) is 7.97. The molecule has 0 saturated heterocycles. The van der Waals surface area contributed by atoms with Crippen LogP contribution in [-0.2, 0) is 19.5 Å². The predicted octanol–water partition coefficient (Wildman–Crippen LogP) is 2.39. The number of hydrogen-bond donors (Lipinski definition) is 2. The molecule has 2 rings (SSSR count). The minimum atomic E-state index is -0.173. The summed E-state index contributed by atoms with van der Waals surface area (Å²) in [6, 6.07) is 9.02. The van der Waals surface area contributed by atoms with Crippen LogP contribution in [0.3, 0.4) is 0 Å². The van der Waals surface area contributed by atoms with E-state index in [1.54, 1.807) is 19.4 Å². The van der Waals surface area contributed by atoms with Crippen LogP contribution in [0.25, 0.3) is 0 Å². The number of rotatable bonds is 7. The van der Waals surface area contributed by atoms with Crippen molar-refractivity contribution in [3.63, 3.8) is 0 Å². The second-order valence-corrected chi connectivity index (χ2v) is 5.85. The van der Waals surface area contributed by atoms with E-state index in [9.17, 15) is 4.39 Å². The molecule has 5 nitrogen and oxygen atoms in total. The molecular formula is C18H25FN4O. The third kappa shape index (κ3) is 5.70. The largest absolute Gasteiger partial charge is 0.469 e. The molecular weight excluding hydrogens is 307 g/mol. The number of aliphatic imine (C=N–C) groups is 1. The van der Waals surface area contributed by atoms with Crippen molar-refractivity contribution in [3.05, 3.63) is 59.3 Å². The fourth-order valence-electron chi connectivity index (χ4n) is 2.37. The maximum Gasteiger partial charge on any atom is 0.191 e. The summed E-state index contributed by atoms with van der Waals surface area (Å²) in [5.74, 6) is 1.47. The van der Waals surface area contributed by atoms with Gasteiger partial charge in [-0.15, -0.1) is 0 Å². The van der Waals surface area contributed by atoms with Crippen LogP contribution in [0.15, 0.2) is 46.0 Å². The van der Waals surface area contributed by atoms with Crippen LogP contribution in [0.5, 0.6) is 0 Å². The van der Waals surface area contributed by atoms with Crippen molar-refractivity contribution in [2.45, 2.75) is 19.5 Å². The Morgan fingerprint density at radius 2 is 2.08 bits per heavy atom. The molecule has 24 heavy (non-hydrogen) atoms. The minimum absolute atomic E-state index is 0.173. The Hall–Kier alpha value is -2.34. The topological polar surface area (TPSA) is 52.8 Å². The van der Waals surface area contributed by atoms with E-state index < -0.39 is 0 Å². The minimum Gasteiger partial charge on any atom is -0.469 e. The maximum absolute atomic E-state index is 13.8. The molecule has 1 aromatic heterocycles. The molecule has 0 fully saturated rings. The molecule has 0 aliphatic rings. The Morgan fingerprint density at radius 1 is 1.25 bits per heavy atom. The third-order valence-corrected chi connectivity index (χ3v) is 3.52. The fraction of sp³-hybridized carbons (Fsp3) is 0.389. The summed E-state index contributed by atoms with van der Waals surface area (Å²) >= 11 is 0. The van der Waals surface area contributed by atoms with Gasteiger partial charge in [-0.1, -0.05) is 6.07 Å². The second kappa shape index (κ2) is 9.08. The van der Waals surface area contributed by atoms with Crippen molar-refractivity contribution in [3.8, 4) is 0 Å². The van der Waals surface area contributed by atoms with Gasteiger partial charge in [-0.05, 0) is 43.9 Å². The first kappa shape index (κ1) is 18.0. The van der Waals surface area contributed by atoms with Gasteiger partial charge in [0.05, 0.1) is 6.26 Å². The molecule has 0 saturated carbocycles. The maximum atomic E-state index is 13.8. The van der Waals surface area contributed by atoms with Crippen molar-refractivity contribution in [1.82, 2.24) is 15.5 Å². The van der Waals surface area contributed by atoms with Crippen LogP contribution < -0.4 is 10.6 Å². The Kier molecular flexibility index (Phi) is 6.81. The first-order valence-corrected chi connectivity index (χ1v) is 7.97. The summed E-state index contributed by atoms with van der Waals surface area (Å²) in [5, 5.41) is 6.47. The third-order valence-electron chi connectivity index (χ3n) is 3.52. The van der Waals surface area contributed by atoms with Gasteiger partial charge < -0.3 is 20.0 Å². The molecule has 1 aromatic carbocycles. The molecule has 6 heteroatoms. The Morgan fingerprint density at radius 3 is 2.75 bits per heavy atom. The highest BCUT2D eigenvalue weighted by atomic mass is 19.1. The number of benzene rings is 1. The lowest BCUT2D eigenvalue weighted by Gasteiger charge is -2.14. The molecule has 0 spiro atoms. The van der Waals surface area contributed by atoms with Crippen molar-refractivity contribution >= 4 is 5.96 Å². The average Bonchev–Trinajstić information content (AvgIpc) is 3.06. The molecule has 0 radical (unpaired) electrons. The molecule has 0 unspecified atom stereocenters. The van der Waals surface area contributed by atoms with E-state index in [1.807, 2.05) is 37.2 Å². The highest BCUT2D eigenvalue weighted by Gasteiger charge is 2.06. The zero-order valence-electron chi connectivity index (χ0n) is 14.5. The number of guanidine groups is 1. The number of furan rings is 1. The quantitative estimate of drug-likeness (QED) is 0.604. The van der Waals surface area contributed by atoms with E-state index >= 15 is 0 Å².